The summed E-state index contributed by atoms with van der Waals surface area (Å²) in [4.78, 5) is 0. The van der Waals surface area contributed by atoms with E-state index in [0.717, 1.165) is 3.57 Å². The Kier molecular flexibility index (Phi) is 2.91. The van der Waals surface area contributed by atoms with Crippen LogP contribution in [0.2, 0.25) is 0 Å². The first-order chi connectivity index (χ1) is 5.47. The predicted octanol–water partition coefficient (Wildman–Crippen LogP) is 1.13. The van der Waals surface area contributed by atoms with E-state index in [9.17, 15) is 13.0 Å². The average molecular weight is 299 g/mol. The first-order valence-electron chi connectivity index (χ1n) is 2.88. The Morgan fingerprint density at radius 1 is 1.25 bits per heavy atom. The Morgan fingerprint density at radius 2 is 1.75 bits per heavy atom. The molecule has 0 aromatic heterocycles. The fourth-order valence-electron chi connectivity index (χ4n) is 0.608. The minimum atomic E-state index is -4.64. The molecule has 0 bridgehead atoms. The first-order valence-corrected chi connectivity index (χ1v) is 5.29. The van der Waals surface area contributed by atoms with Gasteiger partial charge in [-0.15, -0.1) is 0 Å². The highest BCUT2D eigenvalue weighted by molar-refractivity contribution is 14.1. The summed E-state index contributed by atoms with van der Waals surface area (Å²) in [5, 5.41) is 0. The average Bonchev–Trinajstić information content (AvgIpc) is 1.91. The number of hydrogen-bond acceptors (Lipinski definition) is 4. The lowest BCUT2D eigenvalue weighted by atomic mass is 10.3. The minimum absolute atomic E-state index is 0.0328. The Hall–Kier alpha value is -0.340. The highest BCUT2D eigenvalue weighted by Crippen LogP contribution is 2.14. The molecule has 0 aliphatic heterocycles. The van der Waals surface area contributed by atoms with E-state index in [2.05, 4.69) is 26.8 Å². The van der Waals surface area contributed by atoms with Crippen LogP contribution in [0.5, 0.6) is 5.75 Å². The van der Waals surface area contributed by atoms with Crippen LogP contribution < -0.4 is 4.18 Å². The van der Waals surface area contributed by atoms with Gasteiger partial charge in [-0.2, -0.15) is 0 Å². The van der Waals surface area contributed by atoms with E-state index in [1.54, 1.807) is 12.1 Å². The summed E-state index contributed by atoms with van der Waals surface area (Å²) < 4.78 is 35.3. The zero-order valence-corrected chi connectivity index (χ0v) is 8.70. The summed E-state index contributed by atoms with van der Waals surface area (Å²) in [5.41, 5.74) is 0. The fraction of sp³-hybridized carbons (Fsp3) is 0. The second-order valence-corrected chi connectivity index (χ2v) is 4.17. The van der Waals surface area contributed by atoms with E-state index in [1.807, 2.05) is 0 Å². The van der Waals surface area contributed by atoms with Gasteiger partial charge in [-0.25, -0.2) is 8.42 Å². The van der Waals surface area contributed by atoms with Crippen molar-refractivity contribution in [2.75, 3.05) is 0 Å². The van der Waals surface area contributed by atoms with Crippen molar-refractivity contribution < 1.29 is 17.2 Å². The summed E-state index contributed by atoms with van der Waals surface area (Å²) in [7, 11) is -4.64. The van der Waals surface area contributed by atoms with Crippen molar-refractivity contribution in [2.45, 2.75) is 0 Å². The maximum atomic E-state index is 10.1. The number of hydrogen-bond donors (Lipinski definition) is 0. The molecule has 0 unspecified atom stereocenters. The van der Waals surface area contributed by atoms with E-state index < -0.39 is 10.4 Å². The third-order valence-corrected chi connectivity index (χ3v) is 2.13. The van der Waals surface area contributed by atoms with E-state index in [1.165, 1.54) is 12.1 Å². The molecule has 0 aliphatic rings. The van der Waals surface area contributed by atoms with Gasteiger partial charge in [0.15, 0.2) is 0 Å². The van der Waals surface area contributed by atoms with E-state index >= 15 is 0 Å². The molecule has 0 saturated carbocycles. The van der Waals surface area contributed by atoms with Crippen molar-refractivity contribution in [1.82, 2.24) is 0 Å². The second-order valence-electron chi connectivity index (χ2n) is 1.95. The third kappa shape index (κ3) is 3.37. The van der Waals surface area contributed by atoms with Crippen LogP contribution in [0, 0.1) is 3.57 Å². The Balaban J connectivity index is 2.85. The largest absolute Gasteiger partial charge is 0.716 e. The normalized spacial score (nSPS) is 11.2. The molecular formula is C6H4IO4S-. The molecule has 0 amide bonds. The van der Waals surface area contributed by atoms with E-state index in [-0.39, 0.29) is 5.75 Å². The van der Waals surface area contributed by atoms with E-state index in [4.69, 9.17) is 0 Å². The molecule has 0 aliphatic carbocycles. The molecule has 0 N–H and O–H groups in total. The monoisotopic (exact) mass is 299 g/mol. The first kappa shape index (κ1) is 9.75. The Labute approximate surface area is 83.6 Å². The summed E-state index contributed by atoms with van der Waals surface area (Å²) in [6.45, 7) is 0. The fourth-order valence-corrected chi connectivity index (χ4v) is 1.31. The maximum absolute atomic E-state index is 10.1. The molecular weight excluding hydrogens is 295 g/mol. The van der Waals surface area contributed by atoms with Gasteiger partial charge in [-0.05, 0) is 46.9 Å². The summed E-state index contributed by atoms with van der Waals surface area (Å²) >= 11 is 2.05. The quantitative estimate of drug-likeness (QED) is 0.466. The molecule has 1 aromatic rings. The van der Waals surface area contributed by atoms with E-state index in [0.29, 0.717) is 0 Å². The second kappa shape index (κ2) is 3.58. The van der Waals surface area contributed by atoms with Crippen LogP contribution in [0.3, 0.4) is 0 Å². The number of halogens is 1. The lowest BCUT2D eigenvalue weighted by molar-refractivity contribution is 0.372. The van der Waals surface area contributed by atoms with Gasteiger partial charge in [-0.3, -0.25) is 0 Å². The molecule has 0 spiro atoms. The highest BCUT2D eigenvalue weighted by Gasteiger charge is 1.97. The lowest BCUT2D eigenvalue weighted by Crippen LogP contribution is -2.06. The van der Waals surface area contributed by atoms with Crippen LogP contribution in [-0.2, 0) is 10.4 Å². The molecule has 0 atom stereocenters. The zero-order chi connectivity index (χ0) is 9.19. The molecule has 6 heteroatoms. The SMILES string of the molecule is O=S(=O)([O-])Oc1ccc(I)cc1. The molecule has 1 rings (SSSR count). The zero-order valence-electron chi connectivity index (χ0n) is 5.73. The number of benzene rings is 1. The van der Waals surface area contributed by atoms with Crippen molar-refractivity contribution in [1.29, 1.82) is 0 Å². The van der Waals surface area contributed by atoms with Gasteiger partial charge >= 0.3 is 0 Å². The van der Waals surface area contributed by atoms with Gasteiger partial charge in [0, 0.05) is 3.57 Å². The highest BCUT2D eigenvalue weighted by atomic mass is 127. The van der Waals surface area contributed by atoms with Gasteiger partial charge in [0.2, 0.25) is 0 Å². The molecule has 0 saturated heterocycles. The van der Waals surface area contributed by atoms with Crippen LogP contribution in [0.15, 0.2) is 24.3 Å². The van der Waals surface area contributed by atoms with Crippen molar-refractivity contribution in [3.63, 3.8) is 0 Å². The van der Waals surface area contributed by atoms with Crippen LogP contribution in [0.4, 0.5) is 0 Å². The van der Waals surface area contributed by atoms with Crippen molar-refractivity contribution in [3.05, 3.63) is 27.8 Å². The minimum Gasteiger partial charge on any atom is -0.716 e. The molecule has 0 fully saturated rings. The van der Waals surface area contributed by atoms with Crippen LogP contribution in [0.25, 0.3) is 0 Å². The Morgan fingerprint density at radius 3 is 2.17 bits per heavy atom. The molecule has 0 heterocycles. The summed E-state index contributed by atoms with van der Waals surface area (Å²) in [6, 6.07) is 6.11. The van der Waals surface area contributed by atoms with Crippen molar-refractivity contribution in [2.24, 2.45) is 0 Å². The Bertz CT molecular complexity index is 356. The van der Waals surface area contributed by atoms with Crippen LogP contribution >= 0.6 is 22.6 Å². The predicted molar refractivity (Wildman–Crippen MR) is 49.5 cm³/mol. The maximum Gasteiger partial charge on any atom is 0.262 e. The molecule has 1 aromatic carbocycles. The summed E-state index contributed by atoms with van der Waals surface area (Å²) in [5.74, 6) is 0.0328. The van der Waals surface area contributed by atoms with Crippen molar-refractivity contribution >= 4 is 33.0 Å². The molecule has 4 nitrogen and oxygen atoms in total. The van der Waals surface area contributed by atoms with Gasteiger partial charge < -0.3 is 8.74 Å². The van der Waals surface area contributed by atoms with Gasteiger partial charge in [0.1, 0.15) is 5.75 Å². The molecule has 12 heavy (non-hydrogen) atoms. The smallest absolute Gasteiger partial charge is 0.262 e. The molecule has 0 radical (unpaired) electrons. The third-order valence-electron chi connectivity index (χ3n) is 1.01. The van der Waals surface area contributed by atoms with Crippen LogP contribution in [0.1, 0.15) is 0 Å². The summed E-state index contributed by atoms with van der Waals surface area (Å²) in [6.07, 6.45) is 0. The number of rotatable bonds is 2. The lowest BCUT2D eigenvalue weighted by Gasteiger charge is -2.07. The van der Waals surface area contributed by atoms with Gasteiger partial charge in [0.05, 0.1) is 0 Å². The standard InChI is InChI=1S/C6H5IO4S/c7-5-1-3-6(4-2-5)11-12(8,9)10/h1-4H,(H,8,9,10)/p-1. The topological polar surface area (TPSA) is 66.4 Å². The van der Waals surface area contributed by atoms with Gasteiger partial charge in [-0.1, -0.05) is 0 Å². The van der Waals surface area contributed by atoms with Gasteiger partial charge in [0.25, 0.3) is 10.4 Å². The molecule has 66 valence electrons. The van der Waals surface area contributed by atoms with Crippen molar-refractivity contribution in [3.8, 4) is 5.75 Å². The van der Waals surface area contributed by atoms with Crippen LogP contribution in [-0.4, -0.2) is 13.0 Å².